The molecule has 30 heavy (non-hydrogen) atoms. The second-order valence-electron chi connectivity index (χ2n) is 6.63. The second kappa shape index (κ2) is 11.7. The summed E-state index contributed by atoms with van der Waals surface area (Å²) >= 11 is 1.00. The fourth-order valence-electron chi connectivity index (χ4n) is 3.05. The molecule has 1 saturated heterocycles. The van der Waals surface area contributed by atoms with Crippen molar-refractivity contribution in [3.05, 3.63) is 58.1 Å². The van der Waals surface area contributed by atoms with E-state index < -0.39 is 11.9 Å². The Morgan fingerprint density at radius 2 is 1.90 bits per heavy atom. The molecule has 0 bridgehead atoms. The zero-order chi connectivity index (χ0) is 20.7. The van der Waals surface area contributed by atoms with Crippen LogP contribution in [0.4, 0.5) is 13.2 Å². The van der Waals surface area contributed by atoms with Crippen LogP contribution >= 0.6 is 35.3 Å². The van der Waals surface area contributed by atoms with Gasteiger partial charge in [0.1, 0.15) is 5.01 Å². The standard InChI is InChI=1S/C20H24F3N5S.HI/c1-24-19(25-14-18-26-17(15-29-18)20(21,22)23)28-12-10-27(11-13-28)9-5-8-16-6-3-2-4-7-16;/h2-8,15H,9-14H2,1H3,(H,24,25);1H/b8-5+;. The molecule has 5 nitrogen and oxygen atoms in total. The molecule has 0 saturated carbocycles. The average Bonchev–Trinajstić information content (AvgIpc) is 3.20. The highest BCUT2D eigenvalue weighted by atomic mass is 127. The summed E-state index contributed by atoms with van der Waals surface area (Å²) in [5, 5.41) is 4.56. The lowest BCUT2D eigenvalue weighted by atomic mass is 10.2. The van der Waals surface area contributed by atoms with Gasteiger partial charge in [-0.1, -0.05) is 42.5 Å². The Kier molecular flexibility index (Phi) is 9.56. The highest BCUT2D eigenvalue weighted by Gasteiger charge is 2.33. The number of rotatable bonds is 5. The fourth-order valence-corrected chi connectivity index (χ4v) is 3.79. The number of aliphatic imine (C=N–C) groups is 1. The first kappa shape index (κ1) is 24.6. The maximum absolute atomic E-state index is 12.7. The highest BCUT2D eigenvalue weighted by molar-refractivity contribution is 14.0. The van der Waals surface area contributed by atoms with E-state index in [9.17, 15) is 13.2 Å². The molecule has 10 heteroatoms. The Balaban J connectivity index is 0.00000320. The number of piperazine rings is 1. The molecule has 1 aromatic carbocycles. The van der Waals surface area contributed by atoms with Crippen molar-refractivity contribution >= 4 is 47.3 Å². The van der Waals surface area contributed by atoms with Crippen LogP contribution in [0.1, 0.15) is 16.3 Å². The molecule has 3 rings (SSSR count). The third-order valence-corrected chi connectivity index (χ3v) is 5.45. The van der Waals surface area contributed by atoms with E-state index in [0.29, 0.717) is 11.0 Å². The van der Waals surface area contributed by atoms with E-state index in [1.165, 1.54) is 5.56 Å². The van der Waals surface area contributed by atoms with Crippen LogP contribution in [0.3, 0.4) is 0 Å². The minimum absolute atomic E-state index is 0. The Labute approximate surface area is 195 Å². The minimum Gasteiger partial charge on any atom is -0.350 e. The summed E-state index contributed by atoms with van der Waals surface area (Å²) in [5.41, 5.74) is 0.345. The quantitative estimate of drug-likeness (QED) is 0.344. The molecule has 164 valence electrons. The summed E-state index contributed by atoms with van der Waals surface area (Å²) in [4.78, 5) is 12.4. The highest BCUT2D eigenvalue weighted by Crippen LogP contribution is 2.29. The number of hydrogen-bond donors (Lipinski definition) is 1. The third kappa shape index (κ3) is 7.24. The molecule has 1 aromatic heterocycles. The van der Waals surface area contributed by atoms with E-state index in [1.807, 2.05) is 18.2 Å². The summed E-state index contributed by atoms with van der Waals surface area (Å²) in [5.74, 6) is 0.688. The van der Waals surface area contributed by atoms with Gasteiger partial charge in [-0.15, -0.1) is 35.3 Å². The molecule has 0 atom stereocenters. The van der Waals surface area contributed by atoms with Crippen molar-refractivity contribution in [3.8, 4) is 0 Å². The van der Waals surface area contributed by atoms with Crippen LogP contribution in [0, 0.1) is 0 Å². The monoisotopic (exact) mass is 551 g/mol. The summed E-state index contributed by atoms with van der Waals surface area (Å²) in [7, 11) is 1.68. The Bertz CT molecular complexity index is 830. The van der Waals surface area contributed by atoms with E-state index in [2.05, 4.69) is 49.4 Å². The maximum atomic E-state index is 12.7. The number of guanidine groups is 1. The predicted octanol–water partition coefficient (Wildman–Crippen LogP) is 4.19. The van der Waals surface area contributed by atoms with Gasteiger partial charge >= 0.3 is 6.18 Å². The summed E-state index contributed by atoms with van der Waals surface area (Å²) in [6.07, 6.45) is -0.115. The van der Waals surface area contributed by atoms with Crippen molar-refractivity contribution in [1.29, 1.82) is 0 Å². The summed E-state index contributed by atoms with van der Waals surface area (Å²) < 4.78 is 38.0. The third-order valence-electron chi connectivity index (χ3n) is 4.60. The van der Waals surface area contributed by atoms with Gasteiger partial charge in [-0.2, -0.15) is 13.2 Å². The largest absolute Gasteiger partial charge is 0.434 e. The number of nitrogens with zero attached hydrogens (tertiary/aromatic N) is 4. The van der Waals surface area contributed by atoms with E-state index >= 15 is 0 Å². The number of benzene rings is 1. The van der Waals surface area contributed by atoms with Gasteiger partial charge in [0.2, 0.25) is 0 Å². The first-order valence-corrected chi connectivity index (χ1v) is 10.2. The van der Waals surface area contributed by atoms with Crippen molar-refractivity contribution in [2.24, 2.45) is 4.99 Å². The van der Waals surface area contributed by atoms with E-state index in [4.69, 9.17) is 0 Å². The van der Waals surface area contributed by atoms with Gasteiger partial charge in [0.25, 0.3) is 0 Å². The molecule has 0 aliphatic carbocycles. The SMILES string of the molecule is CN=C(NCc1nc(C(F)(F)F)cs1)N1CCN(C/C=C/c2ccccc2)CC1.I. The lowest BCUT2D eigenvalue weighted by molar-refractivity contribution is -0.140. The fraction of sp³-hybridized carbons (Fsp3) is 0.400. The molecule has 1 aliphatic rings. The van der Waals surface area contributed by atoms with Crippen molar-refractivity contribution in [3.63, 3.8) is 0 Å². The van der Waals surface area contributed by atoms with Crippen molar-refractivity contribution in [1.82, 2.24) is 20.1 Å². The normalized spacial score (nSPS) is 16.0. The van der Waals surface area contributed by atoms with E-state index in [1.54, 1.807) is 7.05 Å². The summed E-state index contributed by atoms with van der Waals surface area (Å²) in [6, 6.07) is 10.2. The Morgan fingerprint density at radius 3 is 2.50 bits per heavy atom. The molecule has 1 N–H and O–H groups in total. The zero-order valence-corrected chi connectivity index (χ0v) is 19.7. The van der Waals surface area contributed by atoms with Crippen molar-refractivity contribution < 1.29 is 13.2 Å². The van der Waals surface area contributed by atoms with Gasteiger partial charge in [-0.3, -0.25) is 9.89 Å². The lowest BCUT2D eigenvalue weighted by Gasteiger charge is -2.36. The molecule has 2 aromatic rings. The topological polar surface area (TPSA) is 43.8 Å². The molecule has 2 heterocycles. The molecule has 0 unspecified atom stereocenters. The maximum Gasteiger partial charge on any atom is 0.434 e. The van der Waals surface area contributed by atoms with Crippen LogP contribution in [0.15, 0.2) is 46.8 Å². The van der Waals surface area contributed by atoms with Crippen molar-refractivity contribution in [2.75, 3.05) is 39.8 Å². The average molecular weight is 551 g/mol. The number of alkyl halides is 3. The molecule has 1 aliphatic heterocycles. The molecule has 0 amide bonds. The van der Waals surface area contributed by atoms with E-state index in [0.717, 1.165) is 49.4 Å². The van der Waals surface area contributed by atoms with Crippen LogP contribution in [-0.4, -0.2) is 60.5 Å². The first-order valence-electron chi connectivity index (χ1n) is 9.37. The van der Waals surface area contributed by atoms with Crippen LogP contribution < -0.4 is 5.32 Å². The zero-order valence-electron chi connectivity index (χ0n) is 16.6. The molecule has 1 fully saturated rings. The van der Waals surface area contributed by atoms with Crippen molar-refractivity contribution in [2.45, 2.75) is 12.7 Å². The molecular weight excluding hydrogens is 526 g/mol. The number of nitrogens with one attached hydrogen (secondary N) is 1. The van der Waals surface area contributed by atoms with Crippen LogP contribution in [0.2, 0.25) is 0 Å². The van der Waals surface area contributed by atoms with E-state index in [-0.39, 0.29) is 30.5 Å². The van der Waals surface area contributed by atoms with Gasteiger partial charge in [0.05, 0.1) is 6.54 Å². The Morgan fingerprint density at radius 1 is 1.20 bits per heavy atom. The summed E-state index contributed by atoms with van der Waals surface area (Å²) in [6.45, 7) is 4.53. The van der Waals surface area contributed by atoms with Gasteiger partial charge in [-0.05, 0) is 5.56 Å². The second-order valence-corrected chi connectivity index (χ2v) is 7.57. The Hall–Kier alpha value is -1.66. The van der Waals surface area contributed by atoms with Crippen LogP contribution in [0.5, 0.6) is 0 Å². The van der Waals surface area contributed by atoms with Gasteiger partial charge in [0, 0.05) is 45.2 Å². The van der Waals surface area contributed by atoms with Crippen LogP contribution in [-0.2, 0) is 12.7 Å². The number of halogens is 4. The van der Waals surface area contributed by atoms with Gasteiger partial charge in [0.15, 0.2) is 11.7 Å². The van der Waals surface area contributed by atoms with Gasteiger partial charge in [-0.25, -0.2) is 4.98 Å². The predicted molar refractivity (Wildman–Crippen MR) is 126 cm³/mol. The molecule has 0 radical (unpaired) electrons. The van der Waals surface area contributed by atoms with Gasteiger partial charge < -0.3 is 10.2 Å². The molecule has 0 spiro atoms. The first-order chi connectivity index (χ1) is 14.0. The lowest BCUT2D eigenvalue weighted by Crippen LogP contribution is -2.52. The number of aromatic nitrogens is 1. The number of hydrogen-bond acceptors (Lipinski definition) is 4. The molecular formula is C20H25F3IN5S. The van der Waals surface area contributed by atoms with Crippen LogP contribution in [0.25, 0.3) is 6.08 Å². The smallest absolute Gasteiger partial charge is 0.350 e. The minimum atomic E-state index is -4.40. The number of thiazole rings is 1.